The van der Waals surface area contributed by atoms with Crippen LogP contribution in [-0.4, -0.2) is 67.9 Å². The number of anilines is 1. The van der Waals surface area contributed by atoms with Crippen LogP contribution in [0.25, 0.3) is 0 Å². The molecule has 1 N–H and O–H groups in total. The Morgan fingerprint density at radius 1 is 1.15 bits per heavy atom. The first kappa shape index (κ1) is 20.2. The maximum atomic E-state index is 12.8. The predicted molar refractivity (Wildman–Crippen MR) is 99.3 cm³/mol. The summed E-state index contributed by atoms with van der Waals surface area (Å²) in [6.45, 7) is 5.89. The molecule has 1 fully saturated rings. The number of methoxy groups -OCH3 is 1. The number of nitrogens with zero attached hydrogens (tertiary/aromatic N) is 2. The van der Waals surface area contributed by atoms with Gasteiger partial charge in [-0.2, -0.15) is 0 Å². The van der Waals surface area contributed by atoms with Crippen LogP contribution in [0.15, 0.2) is 18.2 Å². The molecule has 0 bridgehead atoms. The molecular weight excluding hydrogens is 358 g/mol. The third-order valence-electron chi connectivity index (χ3n) is 4.53. The molecule has 0 spiro atoms. The summed E-state index contributed by atoms with van der Waals surface area (Å²) in [4.78, 5) is 41.0. The molecule has 0 saturated carbocycles. The first-order valence-electron chi connectivity index (χ1n) is 8.34. The van der Waals surface area contributed by atoms with Gasteiger partial charge in [0.1, 0.15) is 5.41 Å². The van der Waals surface area contributed by atoms with Gasteiger partial charge in [0.05, 0.1) is 23.4 Å². The molecule has 2 amide bonds. The summed E-state index contributed by atoms with van der Waals surface area (Å²) >= 11 is 6.11. The number of amides is 2. The van der Waals surface area contributed by atoms with E-state index < -0.39 is 17.3 Å². The van der Waals surface area contributed by atoms with Crippen LogP contribution in [0, 0.1) is 5.41 Å². The Labute approximate surface area is 158 Å². The Balaban J connectivity index is 2.15. The van der Waals surface area contributed by atoms with Gasteiger partial charge >= 0.3 is 5.97 Å². The molecule has 0 aliphatic carbocycles. The first-order chi connectivity index (χ1) is 12.2. The fraction of sp³-hybridized carbons (Fsp3) is 0.500. The number of esters is 1. The van der Waals surface area contributed by atoms with Gasteiger partial charge in [-0.3, -0.25) is 9.59 Å². The number of hydrogen-bond acceptors (Lipinski definition) is 5. The molecule has 1 aromatic rings. The van der Waals surface area contributed by atoms with Crippen molar-refractivity contribution in [2.75, 3.05) is 45.7 Å². The van der Waals surface area contributed by atoms with E-state index in [-0.39, 0.29) is 22.2 Å². The van der Waals surface area contributed by atoms with E-state index in [1.54, 1.807) is 18.7 Å². The second-order valence-corrected chi connectivity index (χ2v) is 7.27. The second kappa shape index (κ2) is 8.05. The highest BCUT2D eigenvalue weighted by atomic mass is 35.5. The Bertz CT molecular complexity index is 712. The number of halogens is 1. The van der Waals surface area contributed by atoms with Gasteiger partial charge in [0.15, 0.2) is 0 Å². The predicted octanol–water partition coefficient (Wildman–Crippen LogP) is 1.87. The number of carbonyl (C=O) groups excluding carboxylic acids is 3. The fourth-order valence-electron chi connectivity index (χ4n) is 2.65. The fourth-order valence-corrected chi connectivity index (χ4v) is 2.81. The molecule has 1 saturated heterocycles. The van der Waals surface area contributed by atoms with Crippen LogP contribution in [-0.2, 0) is 14.3 Å². The van der Waals surface area contributed by atoms with Gasteiger partial charge in [-0.15, -0.1) is 0 Å². The van der Waals surface area contributed by atoms with Crippen molar-refractivity contribution in [2.45, 2.75) is 13.8 Å². The van der Waals surface area contributed by atoms with Crippen molar-refractivity contribution in [1.29, 1.82) is 0 Å². The summed E-state index contributed by atoms with van der Waals surface area (Å²) in [5.41, 5.74) is -0.741. The van der Waals surface area contributed by atoms with Crippen LogP contribution in [0.2, 0.25) is 5.02 Å². The van der Waals surface area contributed by atoms with E-state index in [1.165, 1.54) is 25.3 Å². The largest absolute Gasteiger partial charge is 0.465 e. The number of rotatable bonds is 4. The molecule has 1 aliphatic heterocycles. The van der Waals surface area contributed by atoms with Crippen molar-refractivity contribution in [3.63, 3.8) is 0 Å². The van der Waals surface area contributed by atoms with Gasteiger partial charge in [-0.1, -0.05) is 11.6 Å². The third-order valence-corrected chi connectivity index (χ3v) is 4.86. The molecule has 2 rings (SSSR count). The molecular formula is C18H24ClN3O4. The number of carbonyl (C=O) groups is 3. The second-order valence-electron chi connectivity index (χ2n) is 6.86. The quantitative estimate of drug-likeness (QED) is 0.636. The average molecular weight is 382 g/mol. The summed E-state index contributed by atoms with van der Waals surface area (Å²) < 4.78 is 4.67. The molecule has 1 heterocycles. The van der Waals surface area contributed by atoms with Crippen molar-refractivity contribution in [1.82, 2.24) is 9.80 Å². The summed E-state index contributed by atoms with van der Waals surface area (Å²) in [6, 6.07) is 4.44. The van der Waals surface area contributed by atoms with E-state index >= 15 is 0 Å². The first-order valence-corrected chi connectivity index (χ1v) is 8.72. The Morgan fingerprint density at radius 2 is 1.77 bits per heavy atom. The molecule has 0 radical (unpaired) electrons. The molecule has 1 aliphatic rings. The zero-order chi connectivity index (χ0) is 19.5. The standard InChI is InChI=1S/C18H24ClN3O4/c1-18(2,17(25)22-9-7-21(3)8-10-22)16(24)20-14-11-12(15(23)26-4)5-6-13(14)19/h5-6,11H,7-10H2,1-4H3,(H,20,24). The maximum Gasteiger partial charge on any atom is 0.337 e. The zero-order valence-electron chi connectivity index (χ0n) is 15.5. The Hall–Kier alpha value is -2.12. The Morgan fingerprint density at radius 3 is 2.35 bits per heavy atom. The van der Waals surface area contributed by atoms with Crippen LogP contribution in [0.1, 0.15) is 24.2 Å². The minimum Gasteiger partial charge on any atom is -0.465 e. The number of nitrogens with one attached hydrogen (secondary N) is 1. The van der Waals surface area contributed by atoms with Crippen LogP contribution >= 0.6 is 11.6 Å². The average Bonchev–Trinajstić information content (AvgIpc) is 2.62. The molecule has 142 valence electrons. The Kier molecular flexibility index (Phi) is 6.26. The third kappa shape index (κ3) is 4.34. The lowest BCUT2D eigenvalue weighted by molar-refractivity contribution is -0.147. The van der Waals surface area contributed by atoms with Crippen molar-refractivity contribution in [2.24, 2.45) is 5.41 Å². The number of ether oxygens (including phenoxy) is 1. The summed E-state index contributed by atoms with van der Waals surface area (Å²) in [6.07, 6.45) is 0. The van der Waals surface area contributed by atoms with Crippen molar-refractivity contribution in [3.8, 4) is 0 Å². The normalized spacial score (nSPS) is 15.5. The SMILES string of the molecule is COC(=O)c1ccc(Cl)c(NC(=O)C(C)(C)C(=O)N2CCN(C)CC2)c1. The smallest absolute Gasteiger partial charge is 0.337 e. The molecule has 0 atom stereocenters. The van der Waals surface area contributed by atoms with Crippen LogP contribution < -0.4 is 5.32 Å². The van der Waals surface area contributed by atoms with Crippen LogP contribution in [0.5, 0.6) is 0 Å². The highest BCUT2D eigenvalue weighted by Gasteiger charge is 2.40. The highest BCUT2D eigenvalue weighted by molar-refractivity contribution is 6.34. The van der Waals surface area contributed by atoms with E-state index in [0.717, 1.165) is 13.1 Å². The van der Waals surface area contributed by atoms with Gasteiger partial charge in [-0.05, 0) is 39.1 Å². The van der Waals surface area contributed by atoms with Gasteiger partial charge in [-0.25, -0.2) is 4.79 Å². The minimum atomic E-state index is -1.26. The summed E-state index contributed by atoms with van der Waals surface area (Å²) in [7, 11) is 3.27. The molecule has 8 heteroatoms. The number of hydrogen-bond donors (Lipinski definition) is 1. The van der Waals surface area contributed by atoms with Crippen LogP contribution in [0.3, 0.4) is 0 Å². The monoisotopic (exact) mass is 381 g/mol. The summed E-state index contributed by atoms with van der Waals surface area (Å²) in [5, 5.41) is 2.93. The number of likely N-dealkylation sites (N-methyl/N-ethyl adjacent to an activating group) is 1. The minimum absolute atomic E-state index is 0.233. The highest BCUT2D eigenvalue weighted by Crippen LogP contribution is 2.27. The molecule has 1 aromatic carbocycles. The number of benzene rings is 1. The number of piperazine rings is 1. The van der Waals surface area contributed by atoms with E-state index in [4.69, 9.17) is 11.6 Å². The topological polar surface area (TPSA) is 78.9 Å². The van der Waals surface area contributed by atoms with E-state index in [9.17, 15) is 14.4 Å². The van der Waals surface area contributed by atoms with Crippen LogP contribution in [0.4, 0.5) is 5.69 Å². The lowest BCUT2D eigenvalue weighted by Crippen LogP contribution is -2.53. The molecule has 0 unspecified atom stereocenters. The van der Waals surface area contributed by atoms with E-state index in [2.05, 4.69) is 15.0 Å². The van der Waals surface area contributed by atoms with Gasteiger partial charge < -0.3 is 19.9 Å². The maximum absolute atomic E-state index is 12.8. The molecule has 7 nitrogen and oxygen atoms in total. The summed E-state index contributed by atoms with van der Waals surface area (Å²) in [5.74, 6) is -1.25. The lowest BCUT2D eigenvalue weighted by Gasteiger charge is -2.36. The van der Waals surface area contributed by atoms with Crippen molar-refractivity contribution >= 4 is 35.1 Å². The zero-order valence-corrected chi connectivity index (χ0v) is 16.2. The van der Waals surface area contributed by atoms with Crippen molar-refractivity contribution in [3.05, 3.63) is 28.8 Å². The van der Waals surface area contributed by atoms with Gasteiger partial charge in [0, 0.05) is 26.2 Å². The molecule has 26 heavy (non-hydrogen) atoms. The van der Waals surface area contributed by atoms with Crippen molar-refractivity contribution < 1.29 is 19.1 Å². The molecule has 0 aromatic heterocycles. The lowest BCUT2D eigenvalue weighted by atomic mass is 9.89. The van der Waals surface area contributed by atoms with E-state index in [0.29, 0.717) is 13.1 Å². The van der Waals surface area contributed by atoms with E-state index in [1.807, 2.05) is 7.05 Å². The van der Waals surface area contributed by atoms with Gasteiger partial charge in [0.2, 0.25) is 11.8 Å². The van der Waals surface area contributed by atoms with Gasteiger partial charge in [0.25, 0.3) is 0 Å².